The number of aliphatic carboxylic acids is 1. The van der Waals surface area contributed by atoms with Crippen molar-refractivity contribution in [2.45, 2.75) is 45.1 Å². The number of rotatable bonds is 8. The van der Waals surface area contributed by atoms with Gasteiger partial charge >= 0.3 is 5.97 Å². The summed E-state index contributed by atoms with van der Waals surface area (Å²) in [6.45, 7) is 5.50. The van der Waals surface area contributed by atoms with Gasteiger partial charge in [-0.2, -0.15) is 0 Å². The van der Waals surface area contributed by atoms with Gasteiger partial charge in [-0.15, -0.1) is 0 Å². The first kappa shape index (κ1) is 20.1. The Labute approximate surface area is 166 Å². The van der Waals surface area contributed by atoms with E-state index >= 15 is 0 Å². The standard InChI is InChI=1S/C23H28N2O3/c1-23(2,18-8-4-3-5-9-18)24-15-13-21(26)25-16-14-19-17(11-12-22(27)28)7-6-10-20(19)25/h3-10,24H,11-16H2,1-2H3,(H,27,28). The van der Waals surface area contributed by atoms with Gasteiger partial charge in [0.15, 0.2) is 0 Å². The minimum absolute atomic E-state index is 0.102. The average Bonchev–Trinajstić information content (AvgIpc) is 3.11. The fraction of sp³-hybridized carbons (Fsp3) is 0.391. The van der Waals surface area contributed by atoms with Crippen molar-refractivity contribution >= 4 is 17.6 Å². The van der Waals surface area contributed by atoms with Crippen LogP contribution in [-0.2, 0) is 28.0 Å². The van der Waals surface area contributed by atoms with Crippen LogP contribution in [0, 0.1) is 0 Å². The summed E-state index contributed by atoms with van der Waals surface area (Å²) in [5.41, 5.74) is 4.09. The second kappa shape index (κ2) is 8.57. The van der Waals surface area contributed by atoms with Crippen LogP contribution in [0.3, 0.4) is 0 Å². The number of amides is 1. The number of carbonyl (C=O) groups excluding carboxylic acids is 1. The van der Waals surface area contributed by atoms with Crippen LogP contribution in [0.5, 0.6) is 0 Å². The van der Waals surface area contributed by atoms with E-state index in [0.29, 0.717) is 25.9 Å². The van der Waals surface area contributed by atoms with E-state index in [1.54, 1.807) is 0 Å². The smallest absolute Gasteiger partial charge is 0.303 e. The number of aryl methyl sites for hydroxylation is 1. The third-order valence-corrected chi connectivity index (χ3v) is 5.44. The van der Waals surface area contributed by atoms with Gasteiger partial charge in [-0.1, -0.05) is 42.5 Å². The molecule has 5 nitrogen and oxygen atoms in total. The van der Waals surface area contributed by atoms with E-state index in [-0.39, 0.29) is 17.9 Å². The van der Waals surface area contributed by atoms with E-state index in [1.807, 2.05) is 41.3 Å². The normalized spacial score (nSPS) is 13.4. The molecule has 1 aliphatic heterocycles. The molecule has 1 aliphatic rings. The maximum atomic E-state index is 12.8. The summed E-state index contributed by atoms with van der Waals surface area (Å²) in [7, 11) is 0. The molecule has 28 heavy (non-hydrogen) atoms. The fourth-order valence-corrected chi connectivity index (χ4v) is 3.82. The highest BCUT2D eigenvalue weighted by Gasteiger charge is 2.27. The number of nitrogens with one attached hydrogen (secondary N) is 1. The molecule has 0 unspecified atom stereocenters. The molecule has 0 spiro atoms. The number of benzene rings is 2. The molecule has 0 bridgehead atoms. The van der Waals surface area contributed by atoms with Gasteiger partial charge in [-0.3, -0.25) is 9.59 Å². The zero-order valence-electron chi connectivity index (χ0n) is 16.6. The summed E-state index contributed by atoms with van der Waals surface area (Å²) in [6.07, 6.45) is 1.84. The quantitative estimate of drug-likeness (QED) is 0.735. The van der Waals surface area contributed by atoms with Gasteiger partial charge in [0.05, 0.1) is 0 Å². The molecule has 0 aromatic heterocycles. The van der Waals surface area contributed by atoms with Crippen molar-refractivity contribution in [1.29, 1.82) is 0 Å². The van der Waals surface area contributed by atoms with E-state index in [9.17, 15) is 9.59 Å². The van der Waals surface area contributed by atoms with Crippen molar-refractivity contribution in [3.63, 3.8) is 0 Å². The number of anilines is 1. The third kappa shape index (κ3) is 4.60. The number of carboxylic acid groups (broad SMARTS) is 1. The predicted molar refractivity (Wildman–Crippen MR) is 111 cm³/mol. The Hall–Kier alpha value is -2.66. The number of hydrogen-bond acceptors (Lipinski definition) is 3. The molecular weight excluding hydrogens is 352 g/mol. The Balaban J connectivity index is 1.60. The molecule has 5 heteroatoms. The summed E-state index contributed by atoms with van der Waals surface area (Å²) in [5, 5.41) is 12.4. The van der Waals surface area contributed by atoms with Gasteiger partial charge in [0, 0.05) is 37.2 Å². The molecule has 0 fully saturated rings. The highest BCUT2D eigenvalue weighted by molar-refractivity contribution is 5.95. The summed E-state index contributed by atoms with van der Waals surface area (Å²) in [5.74, 6) is -0.693. The largest absolute Gasteiger partial charge is 0.481 e. The van der Waals surface area contributed by atoms with Crippen molar-refractivity contribution in [2.24, 2.45) is 0 Å². The molecule has 2 aromatic carbocycles. The highest BCUT2D eigenvalue weighted by atomic mass is 16.4. The number of carboxylic acids is 1. The molecule has 2 aromatic rings. The van der Waals surface area contributed by atoms with Crippen LogP contribution in [0.2, 0.25) is 0 Å². The predicted octanol–water partition coefficient (Wildman–Crippen LogP) is 3.51. The molecule has 1 amide bonds. The summed E-state index contributed by atoms with van der Waals surface area (Å²) >= 11 is 0. The summed E-state index contributed by atoms with van der Waals surface area (Å²) < 4.78 is 0. The van der Waals surface area contributed by atoms with E-state index in [4.69, 9.17) is 5.11 Å². The lowest BCUT2D eigenvalue weighted by Crippen LogP contribution is -2.39. The molecule has 2 N–H and O–H groups in total. The van der Waals surface area contributed by atoms with Gasteiger partial charge in [-0.05, 0) is 49.4 Å². The van der Waals surface area contributed by atoms with Crippen LogP contribution >= 0.6 is 0 Å². The zero-order valence-corrected chi connectivity index (χ0v) is 16.6. The van der Waals surface area contributed by atoms with Crippen molar-refractivity contribution in [2.75, 3.05) is 18.0 Å². The van der Waals surface area contributed by atoms with Crippen molar-refractivity contribution < 1.29 is 14.7 Å². The Morgan fingerprint density at radius 2 is 1.82 bits per heavy atom. The maximum Gasteiger partial charge on any atom is 0.303 e. The minimum atomic E-state index is -0.796. The minimum Gasteiger partial charge on any atom is -0.481 e. The molecular formula is C23H28N2O3. The van der Waals surface area contributed by atoms with Crippen molar-refractivity contribution in [3.05, 3.63) is 65.2 Å². The molecule has 148 valence electrons. The van der Waals surface area contributed by atoms with Gasteiger partial charge in [0.25, 0.3) is 0 Å². The second-order valence-electron chi connectivity index (χ2n) is 7.77. The Bertz CT molecular complexity index is 846. The fourth-order valence-electron chi connectivity index (χ4n) is 3.82. The molecule has 1 heterocycles. The van der Waals surface area contributed by atoms with Crippen molar-refractivity contribution in [1.82, 2.24) is 5.32 Å². The number of hydrogen-bond donors (Lipinski definition) is 2. The lowest BCUT2D eigenvalue weighted by atomic mass is 9.94. The van der Waals surface area contributed by atoms with Crippen LogP contribution in [-0.4, -0.2) is 30.1 Å². The molecule has 0 saturated carbocycles. The van der Waals surface area contributed by atoms with Crippen LogP contribution < -0.4 is 10.2 Å². The first-order chi connectivity index (χ1) is 13.4. The first-order valence-electron chi connectivity index (χ1n) is 9.82. The van der Waals surface area contributed by atoms with Gasteiger partial charge in [-0.25, -0.2) is 0 Å². The first-order valence-corrected chi connectivity index (χ1v) is 9.82. The molecule has 0 radical (unpaired) electrons. The number of nitrogens with zero attached hydrogens (tertiary/aromatic N) is 1. The SMILES string of the molecule is CC(C)(NCCC(=O)N1CCc2c(CCC(=O)O)cccc21)c1ccccc1. The Morgan fingerprint density at radius 3 is 2.54 bits per heavy atom. The van der Waals surface area contributed by atoms with Gasteiger partial charge in [0.1, 0.15) is 0 Å². The Morgan fingerprint density at radius 1 is 1.07 bits per heavy atom. The van der Waals surface area contributed by atoms with Crippen molar-refractivity contribution in [3.8, 4) is 0 Å². The van der Waals surface area contributed by atoms with Crippen LogP contribution in [0.1, 0.15) is 43.4 Å². The van der Waals surface area contributed by atoms with E-state index in [2.05, 4.69) is 31.3 Å². The summed E-state index contributed by atoms with van der Waals surface area (Å²) in [6, 6.07) is 16.1. The lowest BCUT2D eigenvalue weighted by molar-refractivity contribution is -0.137. The molecule has 3 rings (SSSR count). The average molecular weight is 380 g/mol. The number of fused-ring (bicyclic) bond motifs is 1. The van der Waals surface area contributed by atoms with Crippen LogP contribution in [0.4, 0.5) is 5.69 Å². The topological polar surface area (TPSA) is 69.6 Å². The third-order valence-electron chi connectivity index (χ3n) is 5.44. The highest BCUT2D eigenvalue weighted by Crippen LogP contribution is 2.32. The van der Waals surface area contributed by atoms with Crippen LogP contribution in [0.25, 0.3) is 0 Å². The molecule has 0 atom stereocenters. The lowest BCUT2D eigenvalue weighted by Gasteiger charge is -2.27. The van der Waals surface area contributed by atoms with E-state index in [1.165, 1.54) is 5.56 Å². The van der Waals surface area contributed by atoms with E-state index in [0.717, 1.165) is 23.2 Å². The number of carbonyl (C=O) groups is 2. The monoisotopic (exact) mass is 380 g/mol. The summed E-state index contributed by atoms with van der Waals surface area (Å²) in [4.78, 5) is 25.5. The second-order valence-corrected chi connectivity index (χ2v) is 7.77. The van der Waals surface area contributed by atoms with Gasteiger partial charge in [0.2, 0.25) is 5.91 Å². The molecule has 0 saturated heterocycles. The Kier molecular flexibility index (Phi) is 6.15. The van der Waals surface area contributed by atoms with E-state index < -0.39 is 5.97 Å². The van der Waals surface area contributed by atoms with Crippen LogP contribution in [0.15, 0.2) is 48.5 Å². The molecule has 0 aliphatic carbocycles. The van der Waals surface area contributed by atoms with Gasteiger partial charge < -0.3 is 15.3 Å². The zero-order chi connectivity index (χ0) is 20.1. The maximum absolute atomic E-state index is 12.8.